The van der Waals surface area contributed by atoms with E-state index in [0.29, 0.717) is 30.1 Å². The number of aromatic nitrogens is 2. The van der Waals surface area contributed by atoms with Gasteiger partial charge in [0, 0.05) is 12.8 Å². The first kappa shape index (κ1) is 13.9. The molecule has 0 unspecified atom stereocenters. The predicted molar refractivity (Wildman–Crippen MR) is 69.3 cm³/mol. The van der Waals surface area contributed by atoms with Gasteiger partial charge in [0.2, 0.25) is 5.92 Å². The van der Waals surface area contributed by atoms with Crippen molar-refractivity contribution in [2.24, 2.45) is 5.92 Å². The minimum atomic E-state index is -2.48. The van der Waals surface area contributed by atoms with E-state index in [1.807, 2.05) is 12.2 Å². The van der Waals surface area contributed by atoms with Crippen LogP contribution in [0.3, 0.4) is 0 Å². The summed E-state index contributed by atoms with van der Waals surface area (Å²) in [5.74, 6) is -1.02. The zero-order valence-corrected chi connectivity index (χ0v) is 11.2. The highest BCUT2D eigenvalue weighted by Gasteiger charge is 2.33. The van der Waals surface area contributed by atoms with Crippen molar-refractivity contribution in [1.82, 2.24) is 9.97 Å². The number of aryl methyl sites for hydroxylation is 1. The molecule has 104 valence electrons. The molecule has 2 rings (SSSR count). The van der Waals surface area contributed by atoms with Gasteiger partial charge in [0.05, 0.1) is 13.3 Å². The molecule has 3 nitrogen and oxygen atoms in total. The summed E-state index contributed by atoms with van der Waals surface area (Å²) in [7, 11) is 1.56. The molecule has 5 heteroatoms. The van der Waals surface area contributed by atoms with Crippen LogP contribution < -0.4 is 4.74 Å². The summed E-state index contributed by atoms with van der Waals surface area (Å²) in [6.45, 7) is 1.80. The van der Waals surface area contributed by atoms with E-state index in [2.05, 4.69) is 9.97 Å². The van der Waals surface area contributed by atoms with Crippen LogP contribution in [0.5, 0.6) is 5.75 Å². The van der Waals surface area contributed by atoms with E-state index >= 15 is 0 Å². The Balaban J connectivity index is 2.05. The fourth-order valence-electron chi connectivity index (χ4n) is 2.24. The maximum Gasteiger partial charge on any atom is 0.248 e. The normalized spacial score (nSPS) is 19.8. The standard InChI is InChI=1S/C14H18F2N2O/c1-10-17-9-13(19-2)12(18-10)4-3-11-5-7-14(15,16)8-6-11/h3-4,9,11H,5-8H2,1-2H3/b4-3+. The highest BCUT2D eigenvalue weighted by atomic mass is 19.3. The van der Waals surface area contributed by atoms with Crippen LogP contribution in [0.15, 0.2) is 12.3 Å². The Bertz CT molecular complexity index is 465. The van der Waals surface area contributed by atoms with Crippen LogP contribution in [0.4, 0.5) is 8.78 Å². The zero-order valence-electron chi connectivity index (χ0n) is 11.2. The first-order chi connectivity index (χ1) is 9.00. The molecule has 0 aliphatic heterocycles. The summed E-state index contributed by atoms with van der Waals surface area (Å²) in [5.41, 5.74) is 0.701. The number of ether oxygens (including phenoxy) is 1. The van der Waals surface area contributed by atoms with E-state index in [1.165, 1.54) is 0 Å². The van der Waals surface area contributed by atoms with E-state index in [0.717, 1.165) is 0 Å². The summed E-state index contributed by atoms with van der Waals surface area (Å²) in [6.07, 6.45) is 6.42. The van der Waals surface area contributed by atoms with Gasteiger partial charge in [-0.2, -0.15) is 0 Å². The molecule has 0 saturated heterocycles. The average molecular weight is 268 g/mol. The summed E-state index contributed by atoms with van der Waals surface area (Å²) < 4.78 is 31.3. The van der Waals surface area contributed by atoms with Crippen LogP contribution in [0.2, 0.25) is 0 Å². The number of halogens is 2. The van der Waals surface area contributed by atoms with E-state index in [-0.39, 0.29) is 18.8 Å². The van der Waals surface area contributed by atoms with Gasteiger partial charge in [-0.3, -0.25) is 0 Å². The first-order valence-electron chi connectivity index (χ1n) is 6.44. The van der Waals surface area contributed by atoms with Gasteiger partial charge in [-0.15, -0.1) is 0 Å². The van der Waals surface area contributed by atoms with Crippen molar-refractivity contribution in [3.8, 4) is 5.75 Å². The Morgan fingerprint density at radius 3 is 2.68 bits per heavy atom. The lowest BCUT2D eigenvalue weighted by molar-refractivity contribution is -0.0410. The summed E-state index contributed by atoms with van der Waals surface area (Å²) in [4.78, 5) is 8.34. The molecular weight excluding hydrogens is 250 g/mol. The van der Waals surface area contributed by atoms with Crippen LogP contribution in [-0.2, 0) is 0 Å². The molecule has 0 amide bonds. The molecule has 1 aromatic heterocycles. The van der Waals surface area contributed by atoms with E-state index in [9.17, 15) is 8.78 Å². The van der Waals surface area contributed by atoms with E-state index in [4.69, 9.17) is 4.74 Å². The summed E-state index contributed by atoms with van der Waals surface area (Å²) in [5, 5.41) is 0. The molecule has 0 aromatic carbocycles. The molecule has 0 radical (unpaired) electrons. The molecule has 19 heavy (non-hydrogen) atoms. The number of nitrogens with zero attached hydrogens (tertiary/aromatic N) is 2. The smallest absolute Gasteiger partial charge is 0.248 e. The van der Waals surface area contributed by atoms with Crippen LogP contribution in [0, 0.1) is 12.8 Å². The van der Waals surface area contributed by atoms with Crippen molar-refractivity contribution in [3.05, 3.63) is 23.8 Å². The largest absolute Gasteiger partial charge is 0.493 e. The van der Waals surface area contributed by atoms with Crippen molar-refractivity contribution < 1.29 is 13.5 Å². The monoisotopic (exact) mass is 268 g/mol. The Labute approximate surface area is 111 Å². The molecule has 0 spiro atoms. The summed E-state index contributed by atoms with van der Waals surface area (Å²) >= 11 is 0. The molecule has 0 N–H and O–H groups in total. The number of hydrogen-bond acceptors (Lipinski definition) is 3. The number of rotatable bonds is 3. The maximum atomic E-state index is 13.0. The Kier molecular flexibility index (Phi) is 4.12. The van der Waals surface area contributed by atoms with Gasteiger partial charge in [0.15, 0.2) is 5.75 Å². The molecule has 1 aliphatic carbocycles. The fraction of sp³-hybridized carbons (Fsp3) is 0.571. The van der Waals surface area contributed by atoms with Gasteiger partial charge in [0.25, 0.3) is 0 Å². The molecule has 1 fully saturated rings. The van der Waals surface area contributed by atoms with Gasteiger partial charge < -0.3 is 4.74 Å². The van der Waals surface area contributed by atoms with Crippen LogP contribution >= 0.6 is 0 Å². The molecule has 1 aliphatic rings. The molecule has 0 atom stereocenters. The predicted octanol–water partition coefficient (Wildman–Crippen LogP) is 3.63. The third kappa shape index (κ3) is 3.72. The number of hydrogen-bond donors (Lipinski definition) is 0. The van der Waals surface area contributed by atoms with Crippen molar-refractivity contribution in [2.45, 2.75) is 38.5 Å². The van der Waals surface area contributed by atoms with Crippen LogP contribution in [0.1, 0.15) is 37.2 Å². The van der Waals surface area contributed by atoms with Crippen LogP contribution in [0.25, 0.3) is 6.08 Å². The molecular formula is C14H18F2N2O. The van der Waals surface area contributed by atoms with Crippen molar-refractivity contribution in [1.29, 1.82) is 0 Å². The first-order valence-corrected chi connectivity index (χ1v) is 6.44. The maximum absolute atomic E-state index is 13.0. The second kappa shape index (κ2) is 5.63. The Morgan fingerprint density at radius 1 is 1.37 bits per heavy atom. The third-order valence-electron chi connectivity index (χ3n) is 3.41. The fourth-order valence-corrected chi connectivity index (χ4v) is 2.24. The Morgan fingerprint density at radius 2 is 2.05 bits per heavy atom. The summed E-state index contributed by atoms with van der Waals surface area (Å²) in [6, 6.07) is 0. The average Bonchev–Trinajstić information content (AvgIpc) is 2.38. The number of alkyl halides is 2. The second-order valence-corrected chi connectivity index (χ2v) is 4.92. The third-order valence-corrected chi connectivity index (χ3v) is 3.41. The van der Waals surface area contributed by atoms with Crippen LogP contribution in [-0.4, -0.2) is 23.0 Å². The minimum absolute atomic E-state index is 0.0259. The second-order valence-electron chi connectivity index (χ2n) is 4.92. The van der Waals surface area contributed by atoms with Crippen molar-refractivity contribution in [3.63, 3.8) is 0 Å². The lowest BCUT2D eigenvalue weighted by Crippen LogP contribution is -2.23. The Hall–Kier alpha value is -1.52. The topological polar surface area (TPSA) is 35.0 Å². The van der Waals surface area contributed by atoms with Gasteiger partial charge in [-0.05, 0) is 31.8 Å². The lowest BCUT2D eigenvalue weighted by atomic mass is 9.86. The molecule has 0 bridgehead atoms. The lowest BCUT2D eigenvalue weighted by Gasteiger charge is -2.26. The number of allylic oxidation sites excluding steroid dienone is 1. The zero-order chi connectivity index (χ0) is 13.9. The van der Waals surface area contributed by atoms with E-state index in [1.54, 1.807) is 20.2 Å². The quantitative estimate of drug-likeness (QED) is 0.839. The molecule has 1 heterocycles. The van der Waals surface area contributed by atoms with Crippen molar-refractivity contribution >= 4 is 6.08 Å². The van der Waals surface area contributed by atoms with Gasteiger partial charge in [0.1, 0.15) is 11.5 Å². The SMILES string of the molecule is COc1cnc(C)nc1/C=C/C1CCC(F)(F)CC1. The van der Waals surface area contributed by atoms with Gasteiger partial charge >= 0.3 is 0 Å². The minimum Gasteiger partial charge on any atom is -0.493 e. The van der Waals surface area contributed by atoms with Gasteiger partial charge in [-0.25, -0.2) is 18.7 Å². The molecule has 1 aromatic rings. The number of methoxy groups -OCH3 is 1. The highest BCUT2D eigenvalue weighted by molar-refractivity contribution is 5.52. The molecule has 1 saturated carbocycles. The van der Waals surface area contributed by atoms with Crippen molar-refractivity contribution in [2.75, 3.05) is 7.11 Å². The van der Waals surface area contributed by atoms with Gasteiger partial charge in [-0.1, -0.05) is 6.08 Å². The highest BCUT2D eigenvalue weighted by Crippen LogP contribution is 2.36. The van der Waals surface area contributed by atoms with E-state index < -0.39 is 5.92 Å².